The molecule has 116 valence electrons. The van der Waals surface area contributed by atoms with Crippen LogP contribution in [0.25, 0.3) is 11.1 Å². The van der Waals surface area contributed by atoms with Crippen molar-refractivity contribution >= 4 is 5.69 Å². The SMILES string of the molecule is COc1ncccc1-c1ccc(OCc2ccccc2)cc1N. The van der Waals surface area contributed by atoms with Crippen molar-refractivity contribution in [1.82, 2.24) is 4.98 Å². The first-order valence-corrected chi connectivity index (χ1v) is 7.33. The van der Waals surface area contributed by atoms with Gasteiger partial charge in [-0.05, 0) is 29.8 Å². The summed E-state index contributed by atoms with van der Waals surface area (Å²) in [4.78, 5) is 4.20. The molecule has 0 fully saturated rings. The number of aromatic nitrogens is 1. The van der Waals surface area contributed by atoms with E-state index in [1.807, 2.05) is 60.7 Å². The lowest BCUT2D eigenvalue weighted by Crippen LogP contribution is -1.98. The zero-order valence-electron chi connectivity index (χ0n) is 12.9. The molecule has 0 unspecified atom stereocenters. The topological polar surface area (TPSA) is 57.4 Å². The lowest BCUT2D eigenvalue weighted by molar-refractivity contribution is 0.306. The highest BCUT2D eigenvalue weighted by Crippen LogP contribution is 2.34. The van der Waals surface area contributed by atoms with Gasteiger partial charge in [0.25, 0.3) is 0 Å². The van der Waals surface area contributed by atoms with Crippen molar-refractivity contribution in [3.63, 3.8) is 0 Å². The Hall–Kier alpha value is -3.01. The van der Waals surface area contributed by atoms with E-state index in [1.54, 1.807) is 13.3 Å². The number of rotatable bonds is 5. The average molecular weight is 306 g/mol. The third kappa shape index (κ3) is 3.43. The van der Waals surface area contributed by atoms with Gasteiger partial charge in [-0.25, -0.2) is 4.98 Å². The van der Waals surface area contributed by atoms with Gasteiger partial charge >= 0.3 is 0 Å². The van der Waals surface area contributed by atoms with Gasteiger partial charge in [-0.3, -0.25) is 0 Å². The minimum absolute atomic E-state index is 0.510. The van der Waals surface area contributed by atoms with Crippen LogP contribution in [0.4, 0.5) is 5.69 Å². The molecule has 0 spiro atoms. The lowest BCUT2D eigenvalue weighted by atomic mass is 10.0. The number of hydrogen-bond acceptors (Lipinski definition) is 4. The molecule has 0 aliphatic rings. The molecule has 3 aromatic rings. The Bertz CT molecular complexity index is 788. The third-order valence-corrected chi connectivity index (χ3v) is 3.53. The number of hydrogen-bond donors (Lipinski definition) is 1. The summed E-state index contributed by atoms with van der Waals surface area (Å²) in [6.45, 7) is 0.510. The Balaban J connectivity index is 1.81. The van der Waals surface area contributed by atoms with Crippen molar-refractivity contribution in [2.45, 2.75) is 6.61 Å². The Labute approximate surface area is 135 Å². The Kier molecular flexibility index (Phi) is 4.43. The normalized spacial score (nSPS) is 10.3. The molecule has 4 nitrogen and oxygen atoms in total. The predicted molar refractivity (Wildman–Crippen MR) is 91.4 cm³/mol. The maximum atomic E-state index is 6.18. The summed E-state index contributed by atoms with van der Waals surface area (Å²) in [6, 6.07) is 19.5. The zero-order valence-corrected chi connectivity index (χ0v) is 12.9. The lowest BCUT2D eigenvalue weighted by Gasteiger charge is -2.12. The molecule has 0 amide bonds. The molecule has 3 rings (SSSR count). The highest BCUT2D eigenvalue weighted by Gasteiger charge is 2.10. The van der Waals surface area contributed by atoms with Crippen LogP contribution in [0.2, 0.25) is 0 Å². The van der Waals surface area contributed by atoms with Gasteiger partial charge in [0.1, 0.15) is 12.4 Å². The predicted octanol–water partition coefficient (Wildman–Crippen LogP) is 3.92. The molecule has 0 atom stereocenters. The summed E-state index contributed by atoms with van der Waals surface area (Å²) in [5, 5.41) is 0. The van der Waals surface area contributed by atoms with E-state index in [0.29, 0.717) is 18.2 Å². The first kappa shape index (κ1) is 14.9. The molecule has 1 aromatic heterocycles. The van der Waals surface area contributed by atoms with E-state index >= 15 is 0 Å². The van der Waals surface area contributed by atoms with Crippen LogP contribution in [0.3, 0.4) is 0 Å². The second kappa shape index (κ2) is 6.83. The summed E-state index contributed by atoms with van der Waals surface area (Å²) in [7, 11) is 1.60. The molecule has 23 heavy (non-hydrogen) atoms. The number of nitrogens with two attached hydrogens (primary N) is 1. The van der Waals surface area contributed by atoms with Gasteiger partial charge in [0.15, 0.2) is 0 Å². The quantitative estimate of drug-likeness (QED) is 0.726. The van der Waals surface area contributed by atoms with Crippen LogP contribution in [0, 0.1) is 0 Å². The highest BCUT2D eigenvalue weighted by molar-refractivity contribution is 5.80. The van der Waals surface area contributed by atoms with E-state index in [0.717, 1.165) is 22.4 Å². The van der Waals surface area contributed by atoms with Crippen LogP contribution < -0.4 is 15.2 Å². The molecule has 0 radical (unpaired) electrons. The van der Waals surface area contributed by atoms with E-state index in [1.165, 1.54) is 0 Å². The van der Waals surface area contributed by atoms with Crippen LogP contribution in [-0.2, 0) is 6.61 Å². The molecule has 4 heteroatoms. The Morgan fingerprint density at radius 3 is 2.52 bits per heavy atom. The number of anilines is 1. The molecule has 0 aliphatic heterocycles. The fourth-order valence-electron chi connectivity index (χ4n) is 2.38. The third-order valence-electron chi connectivity index (χ3n) is 3.53. The van der Waals surface area contributed by atoms with E-state index in [-0.39, 0.29) is 0 Å². The van der Waals surface area contributed by atoms with Gasteiger partial charge in [0.05, 0.1) is 7.11 Å². The number of pyridine rings is 1. The maximum absolute atomic E-state index is 6.18. The van der Waals surface area contributed by atoms with Crippen LogP contribution in [0.1, 0.15) is 5.56 Å². The smallest absolute Gasteiger partial charge is 0.221 e. The molecule has 2 aromatic carbocycles. The summed E-state index contributed by atoms with van der Waals surface area (Å²) in [5.74, 6) is 1.29. The number of ether oxygens (including phenoxy) is 2. The van der Waals surface area contributed by atoms with Gasteiger partial charge in [-0.1, -0.05) is 30.3 Å². The molecule has 1 heterocycles. The monoisotopic (exact) mass is 306 g/mol. The molecule has 0 bridgehead atoms. The molecule has 0 aliphatic carbocycles. The Morgan fingerprint density at radius 2 is 1.78 bits per heavy atom. The largest absolute Gasteiger partial charge is 0.489 e. The van der Waals surface area contributed by atoms with Crippen LogP contribution in [-0.4, -0.2) is 12.1 Å². The van der Waals surface area contributed by atoms with Crippen molar-refractivity contribution in [3.05, 3.63) is 72.4 Å². The van der Waals surface area contributed by atoms with Gasteiger partial charge in [0, 0.05) is 29.1 Å². The molecule has 0 saturated carbocycles. The van der Waals surface area contributed by atoms with Crippen molar-refractivity contribution in [1.29, 1.82) is 0 Å². The highest BCUT2D eigenvalue weighted by atomic mass is 16.5. The van der Waals surface area contributed by atoms with Gasteiger partial charge in [0.2, 0.25) is 5.88 Å². The summed E-state index contributed by atoms with van der Waals surface area (Å²) in [5.41, 5.74) is 9.66. The minimum atomic E-state index is 0.510. The minimum Gasteiger partial charge on any atom is -0.489 e. The molecule has 2 N–H and O–H groups in total. The number of nitrogens with zero attached hydrogens (tertiary/aromatic N) is 1. The number of benzene rings is 2. The van der Waals surface area contributed by atoms with E-state index in [9.17, 15) is 0 Å². The van der Waals surface area contributed by atoms with Gasteiger partial charge in [-0.2, -0.15) is 0 Å². The van der Waals surface area contributed by atoms with Crippen LogP contribution in [0.5, 0.6) is 11.6 Å². The average Bonchev–Trinajstić information content (AvgIpc) is 2.61. The van der Waals surface area contributed by atoms with Gasteiger partial charge < -0.3 is 15.2 Å². The van der Waals surface area contributed by atoms with Crippen LogP contribution >= 0.6 is 0 Å². The fraction of sp³-hybridized carbons (Fsp3) is 0.105. The second-order valence-electron chi connectivity index (χ2n) is 5.08. The van der Waals surface area contributed by atoms with Gasteiger partial charge in [-0.15, -0.1) is 0 Å². The van der Waals surface area contributed by atoms with Crippen molar-refractivity contribution in [2.24, 2.45) is 0 Å². The van der Waals surface area contributed by atoms with E-state index < -0.39 is 0 Å². The first-order chi connectivity index (χ1) is 11.3. The number of nitrogen functional groups attached to an aromatic ring is 1. The summed E-state index contributed by atoms with van der Waals surface area (Å²) >= 11 is 0. The summed E-state index contributed by atoms with van der Waals surface area (Å²) < 4.78 is 11.1. The van der Waals surface area contributed by atoms with E-state index in [2.05, 4.69) is 4.98 Å². The maximum Gasteiger partial charge on any atom is 0.221 e. The molecular weight excluding hydrogens is 288 g/mol. The number of methoxy groups -OCH3 is 1. The Morgan fingerprint density at radius 1 is 0.957 bits per heavy atom. The van der Waals surface area contributed by atoms with Crippen LogP contribution in [0.15, 0.2) is 66.9 Å². The second-order valence-corrected chi connectivity index (χ2v) is 5.08. The first-order valence-electron chi connectivity index (χ1n) is 7.33. The van der Waals surface area contributed by atoms with Crippen molar-refractivity contribution in [2.75, 3.05) is 12.8 Å². The van der Waals surface area contributed by atoms with Crippen molar-refractivity contribution < 1.29 is 9.47 Å². The summed E-state index contributed by atoms with van der Waals surface area (Å²) in [6.07, 6.45) is 1.69. The molecule has 0 saturated heterocycles. The fourth-order valence-corrected chi connectivity index (χ4v) is 2.38. The van der Waals surface area contributed by atoms with Crippen molar-refractivity contribution in [3.8, 4) is 22.8 Å². The standard InChI is InChI=1S/C19H18N2O2/c1-22-19-17(8-5-11-21-19)16-10-9-15(12-18(16)20)23-13-14-6-3-2-4-7-14/h2-12H,13,20H2,1H3. The van der Waals surface area contributed by atoms with E-state index in [4.69, 9.17) is 15.2 Å². The zero-order chi connectivity index (χ0) is 16.1. The molecular formula is C19H18N2O2.